The van der Waals surface area contributed by atoms with E-state index in [0.717, 1.165) is 5.56 Å². The van der Waals surface area contributed by atoms with E-state index in [-0.39, 0.29) is 6.61 Å². The van der Waals surface area contributed by atoms with Crippen LogP contribution in [0.1, 0.15) is 18.9 Å². The Balaban J connectivity index is 2.56. The number of benzene rings is 2. The quantitative estimate of drug-likeness (QED) is 0.297. The molecule has 0 atom stereocenters. The Morgan fingerprint density at radius 1 is 1.12 bits per heavy atom. The Morgan fingerprint density at radius 2 is 1.79 bits per heavy atom. The minimum absolute atomic E-state index is 0.285. The summed E-state index contributed by atoms with van der Waals surface area (Å²) in [5.74, 6) is 0.467. The number of hydrogen-bond donors (Lipinski definition) is 0. The summed E-state index contributed by atoms with van der Waals surface area (Å²) in [5, 5.41) is 0.466. The van der Waals surface area contributed by atoms with E-state index in [1.165, 1.54) is 0 Å². The summed E-state index contributed by atoms with van der Waals surface area (Å²) in [6.45, 7) is 5.77. The number of carbonyl (C=O) groups excluding carboxylic acids is 1. The third kappa shape index (κ3) is 4.49. The number of esters is 1. The van der Waals surface area contributed by atoms with E-state index >= 15 is 0 Å². The zero-order valence-electron chi connectivity index (χ0n) is 13.5. The Bertz CT molecular complexity index is 736. The molecule has 0 amide bonds. The second-order valence-corrected chi connectivity index (χ2v) is 5.33. The number of ether oxygens (including phenoxy) is 2. The lowest BCUT2D eigenvalue weighted by Gasteiger charge is -2.16. The number of rotatable bonds is 7. The second kappa shape index (κ2) is 8.94. The smallest absolute Gasteiger partial charge is 0.338 e. The topological polar surface area (TPSA) is 35.5 Å². The van der Waals surface area contributed by atoms with Crippen molar-refractivity contribution in [2.75, 3.05) is 6.61 Å². The van der Waals surface area contributed by atoms with E-state index in [2.05, 4.69) is 6.58 Å². The van der Waals surface area contributed by atoms with E-state index < -0.39 is 5.97 Å². The molecule has 0 spiro atoms. The van der Waals surface area contributed by atoms with Gasteiger partial charge in [-0.05, 0) is 19.1 Å². The first-order valence-electron chi connectivity index (χ1n) is 7.66. The molecule has 4 heteroatoms. The normalized spacial score (nSPS) is 11.4. The Labute approximate surface area is 147 Å². The van der Waals surface area contributed by atoms with E-state index in [1.807, 2.05) is 42.5 Å². The summed E-state index contributed by atoms with van der Waals surface area (Å²) in [7, 11) is 0. The van der Waals surface area contributed by atoms with E-state index in [1.54, 1.807) is 25.1 Å². The zero-order chi connectivity index (χ0) is 17.4. The van der Waals surface area contributed by atoms with E-state index in [0.29, 0.717) is 28.5 Å². The Morgan fingerprint density at radius 3 is 2.42 bits per heavy atom. The summed E-state index contributed by atoms with van der Waals surface area (Å²) in [5.41, 5.74) is 1.17. The predicted molar refractivity (Wildman–Crippen MR) is 96.9 cm³/mol. The Hall–Kier alpha value is -2.52. The van der Waals surface area contributed by atoms with Gasteiger partial charge in [0, 0.05) is 12.0 Å². The van der Waals surface area contributed by atoms with E-state index in [4.69, 9.17) is 21.1 Å². The molecule has 0 aliphatic heterocycles. The van der Waals surface area contributed by atoms with Crippen LogP contribution in [-0.2, 0) is 9.53 Å². The molecule has 0 fully saturated rings. The average molecular weight is 343 g/mol. The number of halogens is 1. The van der Waals surface area contributed by atoms with Crippen LogP contribution in [0.15, 0.2) is 72.8 Å². The molecule has 0 aromatic heterocycles. The molecule has 124 valence electrons. The molecule has 0 unspecified atom stereocenters. The third-order valence-electron chi connectivity index (χ3n) is 3.23. The van der Waals surface area contributed by atoms with Crippen LogP contribution < -0.4 is 4.74 Å². The van der Waals surface area contributed by atoms with Crippen molar-refractivity contribution in [2.24, 2.45) is 0 Å². The fourth-order valence-corrected chi connectivity index (χ4v) is 2.33. The van der Waals surface area contributed by atoms with Gasteiger partial charge in [-0.1, -0.05) is 60.1 Å². The molecular formula is C20H19ClO3. The summed E-state index contributed by atoms with van der Waals surface area (Å²) in [4.78, 5) is 12.4. The fraction of sp³-hybridized carbons (Fsp3) is 0.150. The SMILES string of the molecule is C=CC/C(C(=O)OCC)=C(\Oc1ccccc1Cl)c1ccccc1. The molecule has 0 aliphatic rings. The zero-order valence-corrected chi connectivity index (χ0v) is 14.3. The first kappa shape index (κ1) is 17.8. The molecule has 2 aromatic carbocycles. The van der Waals surface area contributed by atoms with Gasteiger partial charge in [-0.15, -0.1) is 6.58 Å². The molecule has 0 saturated heterocycles. The Kier molecular flexibility index (Phi) is 6.64. The summed E-state index contributed by atoms with van der Waals surface area (Å²) in [6.07, 6.45) is 1.97. The number of hydrogen-bond acceptors (Lipinski definition) is 3. The molecule has 3 nitrogen and oxygen atoms in total. The molecule has 0 saturated carbocycles. The minimum Gasteiger partial charge on any atom is -0.463 e. The molecule has 0 aliphatic carbocycles. The van der Waals surface area contributed by atoms with Gasteiger partial charge in [0.1, 0.15) is 11.5 Å². The van der Waals surface area contributed by atoms with Crippen LogP contribution in [0.25, 0.3) is 5.76 Å². The first-order valence-corrected chi connectivity index (χ1v) is 8.04. The summed E-state index contributed by atoms with van der Waals surface area (Å²) < 4.78 is 11.2. The van der Waals surface area contributed by atoms with E-state index in [9.17, 15) is 4.79 Å². The molecule has 2 rings (SSSR count). The lowest BCUT2D eigenvalue weighted by atomic mass is 10.1. The third-order valence-corrected chi connectivity index (χ3v) is 3.54. The van der Waals surface area contributed by atoms with Crippen molar-refractivity contribution in [2.45, 2.75) is 13.3 Å². The van der Waals surface area contributed by atoms with Gasteiger partial charge < -0.3 is 9.47 Å². The standard InChI is InChI=1S/C20H19ClO3/c1-3-10-16(20(22)23-4-2)19(15-11-6-5-7-12-15)24-18-14-9-8-13-17(18)21/h3,5-9,11-14H,1,4,10H2,2H3/b19-16+. The highest BCUT2D eigenvalue weighted by molar-refractivity contribution is 6.32. The van der Waals surface area contributed by atoms with Gasteiger partial charge in [-0.3, -0.25) is 0 Å². The second-order valence-electron chi connectivity index (χ2n) is 4.92. The maximum absolute atomic E-state index is 12.4. The highest BCUT2D eigenvalue weighted by atomic mass is 35.5. The highest BCUT2D eigenvalue weighted by Crippen LogP contribution is 2.31. The van der Waals surface area contributed by atoms with Crippen molar-refractivity contribution in [1.82, 2.24) is 0 Å². The summed E-state index contributed by atoms with van der Waals surface area (Å²) >= 11 is 6.19. The maximum atomic E-state index is 12.4. The molecular weight excluding hydrogens is 324 g/mol. The van der Waals surface area contributed by atoms with Gasteiger partial charge in [-0.25, -0.2) is 4.79 Å². The molecule has 0 N–H and O–H groups in total. The fourth-order valence-electron chi connectivity index (χ4n) is 2.15. The van der Waals surface area contributed by atoms with Crippen LogP contribution in [0.2, 0.25) is 5.02 Å². The highest BCUT2D eigenvalue weighted by Gasteiger charge is 2.20. The first-order chi connectivity index (χ1) is 11.7. The van der Waals surface area contributed by atoms with Crippen molar-refractivity contribution in [3.05, 3.63) is 83.4 Å². The van der Waals surface area contributed by atoms with Crippen molar-refractivity contribution in [1.29, 1.82) is 0 Å². The van der Waals surface area contributed by atoms with Gasteiger partial charge in [-0.2, -0.15) is 0 Å². The van der Waals surface area contributed by atoms with Crippen molar-refractivity contribution in [3.8, 4) is 5.75 Å². The van der Waals surface area contributed by atoms with Gasteiger partial charge in [0.25, 0.3) is 0 Å². The number of allylic oxidation sites excluding steroid dienone is 1. The minimum atomic E-state index is -0.427. The lowest BCUT2D eigenvalue weighted by Crippen LogP contribution is -2.12. The van der Waals surface area contributed by atoms with Gasteiger partial charge >= 0.3 is 5.97 Å². The molecule has 0 radical (unpaired) electrons. The largest absolute Gasteiger partial charge is 0.463 e. The van der Waals surface area contributed by atoms with Gasteiger partial charge in [0.2, 0.25) is 0 Å². The number of carbonyl (C=O) groups is 1. The van der Waals surface area contributed by atoms with Crippen LogP contribution in [0.4, 0.5) is 0 Å². The molecule has 2 aromatic rings. The lowest BCUT2D eigenvalue weighted by molar-refractivity contribution is -0.138. The monoisotopic (exact) mass is 342 g/mol. The van der Waals surface area contributed by atoms with Crippen LogP contribution >= 0.6 is 11.6 Å². The number of para-hydroxylation sites is 1. The van der Waals surface area contributed by atoms with Crippen LogP contribution in [0.5, 0.6) is 5.75 Å². The maximum Gasteiger partial charge on any atom is 0.338 e. The van der Waals surface area contributed by atoms with Crippen molar-refractivity contribution >= 4 is 23.3 Å². The molecule has 24 heavy (non-hydrogen) atoms. The predicted octanol–water partition coefficient (Wildman–Crippen LogP) is 5.27. The van der Waals surface area contributed by atoms with Gasteiger partial charge in [0.05, 0.1) is 17.2 Å². The van der Waals surface area contributed by atoms with Crippen molar-refractivity contribution in [3.63, 3.8) is 0 Å². The average Bonchev–Trinajstić information content (AvgIpc) is 2.60. The summed E-state index contributed by atoms with van der Waals surface area (Å²) in [6, 6.07) is 16.5. The van der Waals surface area contributed by atoms with Gasteiger partial charge in [0.15, 0.2) is 0 Å². The molecule has 0 heterocycles. The molecule has 0 bridgehead atoms. The van der Waals surface area contributed by atoms with Crippen LogP contribution in [0, 0.1) is 0 Å². The van der Waals surface area contributed by atoms with Crippen LogP contribution in [-0.4, -0.2) is 12.6 Å². The van der Waals surface area contributed by atoms with Crippen LogP contribution in [0.3, 0.4) is 0 Å². The van der Waals surface area contributed by atoms with Crippen molar-refractivity contribution < 1.29 is 14.3 Å².